The maximum Gasteiger partial charge on any atom is 0.323 e. The summed E-state index contributed by atoms with van der Waals surface area (Å²) in [6.07, 6.45) is 5.52. The number of aliphatic carboxylic acids is 1. The van der Waals surface area contributed by atoms with E-state index in [0.717, 1.165) is 25.7 Å². The van der Waals surface area contributed by atoms with E-state index in [0.29, 0.717) is 5.82 Å². The number of primary amides is 1. The third-order valence-electron chi connectivity index (χ3n) is 3.40. The Bertz CT molecular complexity index is 484. The molecule has 6 heteroatoms. The van der Waals surface area contributed by atoms with Crippen LogP contribution in [0.1, 0.15) is 36.0 Å². The van der Waals surface area contributed by atoms with Gasteiger partial charge in [0.25, 0.3) is 5.91 Å². The molecule has 1 aliphatic carbocycles. The van der Waals surface area contributed by atoms with Crippen LogP contribution in [0.15, 0.2) is 18.3 Å². The Hall–Kier alpha value is -2.11. The van der Waals surface area contributed by atoms with Gasteiger partial charge in [-0.3, -0.25) is 9.59 Å². The molecule has 0 unspecified atom stereocenters. The van der Waals surface area contributed by atoms with Crippen LogP contribution >= 0.6 is 0 Å². The van der Waals surface area contributed by atoms with Crippen LogP contribution in [0.4, 0.5) is 5.82 Å². The summed E-state index contributed by atoms with van der Waals surface area (Å²) < 4.78 is 0. The number of nitrogens with two attached hydrogens (primary N) is 1. The standard InChI is InChI=1S/C13H17N3O3/c14-12(19)10-6-3-7-15-13(10)16(8-11(17)18)9-4-1-2-5-9/h3,6-7,9H,1-2,4-5,8H2,(H2,14,19)(H,17,18). The Kier molecular flexibility index (Phi) is 3.99. The van der Waals surface area contributed by atoms with Crippen molar-refractivity contribution in [3.05, 3.63) is 23.9 Å². The highest BCUT2D eigenvalue weighted by molar-refractivity contribution is 5.98. The minimum absolute atomic E-state index is 0.115. The van der Waals surface area contributed by atoms with Crippen LogP contribution in [0.5, 0.6) is 0 Å². The van der Waals surface area contributed by atoms with E-state index in [-0.39, 0.29) is 18.2 Å². The monoisotopic (exact) mass is 263 g/mol. The molecule has 0 aliphatic heterocycles. The van der Waals surface area contributed by atoms with Gasteiger partial charge in [-0.05, 0) is 25.0 Å². The number of amides is 1. The number of carboxylic acids is 1. The van der Waals surface area contributed by atoms with Crippen LogP contribution in [0, 0.1) is 0 Å². The largest absolute Gasteiger partial charge is 0.480 e. The minimum Gasteiger partial charge on any atom is -0.480 e. The fraction of sp³-hybridized carbons (Fsp3) is 0.462. The first kappa shape index (κ1) is 13.3. The SMILES string of the molecule is NC(=O)c1cccnc1N(CC(=O)O)C1CCCC1. The lowest BCUT2D eigenvalue weighted by atomic mass is 10.1. The molecule has 1 aromatic heterocycles. The molecule has 0 radical (unpaired) electrons. The van der Waals surface area contributed by atoms with E-state index in [1.165, 1.54) is 0 Å². The average Bonchev–Trinajstić information content (AvgIpc) is 2.89. The van der Waals surface area contributed by atoms with Crippen LogP contribution in [-0.2, 0) is 4.79 Å². The summed E-state index contributed by atoms with van der Waals surface area (Å²) in [4.78, 5) is 28.3. The summed E-state index contributed by atoms with van der Waals surface area (Å²) in [6, 6.07) is 3.31. The number of carboxylic acid groups (broad SMARTS) is 1. The number of pyridine rings is 1. The second-order valence-electron chi connectivity index (χ2n) is 4.70. The number of aromatic nitrogens is 1. The number of anilines is 1. The lowest BCUT2D eigenvalue weighted by Gasteiger charge is -2.29. The van der Waals surface area contributed by atoms with E-state index in [2.05, 4.69) is 4.98 Å². The smallest absolute Gasteiger partial charge is 0.323 e. The van der Waals surface area contributed by atoms with Gasteiger partial charge in [0.05, 0.1) is 5.56 Å². The Balaban J connectivity index is 2.36. The zero-order valence-electron chi connectivity index (χ0n) is 10.6. The van der Waals surface area contributed by atoms with Gasteiger partial charge in [-0.2, -0.15) is 0 Å². The van der Waals surface area contributed by atoms with Gasteiger partial charge in [0, 0.05) is 12.2 Å². The second kappa shape index (κ2) is 5.69. The molecule has 1 aliphatic rings. The van der Waals surface area contributed by atoms with Crippen molar-refractivity contribution in [2.75, 3.05) is 11.4 Å². The fourth-order valence-electron chi connectivity index (χ4n) is 2.56. The Morgan fingerprint density at radius 1 is 1.42 bits per heavy atom. The van der Waals surface area contributed by atoms with Crippen LogP contribution in [0.2, 0.25) is 0 Å². The van der Waals surface area contributed by atoms with Gasteiger partial charge in [-0.15, -0.1) is 0 Å². The summed E-state index contributed by atoms with van der Waals surface area (Å²) in [5.41, 5.74) is 5.60. The Morgan fingerprint density at radius 2 is 2.11 bits per heavy atom. The van der Waals surface area contributed by atoms with Crippen molar-refractivity contribution >= 4 is 17.7 Å². The maximum absolute atomic E-state index is 11.4. The highest BCUT2D eigenvalue weighted by Gasteiger charge is 2.28. The van der Waals surface area contributed by atoms with Gasteiger partial charge >= 0.3 is 5.97 Å². The summed E-state index contributed by atoms with van der Waals surface area (Å²) in [6.45, 7) is -0.165. The molecule has 19 heavy (non-hydrogen) atoms. The van der Waals surface area contributed by atoms with E-state index in [1.54, 1.807) is 23.2 Å². The van der Waals surface area contributed by atoms with Crippen molar-refractivity contribution in [1.82, 2.24) is 4.98 Å². The van der Waals surface area contributed by atoms with Crippen LogP contribution < -0.4 is 10.6 Å². The Labute approximate surface area is 111 Å². The molecule has 2 rings (SSSR count). The van der Waals surface area contributed by atoms with Crippen molar-refractivity contribution in [1.29, 1.82) is 0 Å². The molecule has 0 bridgehead atoms. The van der Waals surface area contributed by atoms with Crippen molar-refractivity contribution in [2.45, 2.75) is 31.7 Å². The van der Waals surface area contributed by atoms with E-state index < -0.39 is 11.9 Å². The van der Waals surface area contributed by atoms with E-state index in [1.807, 2.05) is 0 Å². The lowest BCUT2D eigenvalue weighted by Crippen LogP contribution is -2.39. The Morgan fingerprint density at radius 3 is 2.68 bits per heavy atom. The van der Waals surface area contributed by atoms with E-state index in [9.17, 15) is 9.59 Å². The van der Waals surface area contributed by atoms with Gasteiger partial charge < -0.3 is 15.7 Å². The first-order valence-electron chi connectivity index (χ1n) is 6.33. The molecule has 0 spiro atoms. The van der Waals surface area contributed by atoms with Gasteiger partial charge in [0.1, 0.15) is 12.4 Å². The van der Waals surface area contributed by atoms with Crippen molar-refractivity contribution in [3.63, 3.8) is 0 Å². The summed E-state index contributed by atoms with van der Waals surface area (Å²) in [7, 11) is 0. The predicted octanol–water partition coefficient (Wildman–Crippen LogP) is 1.01. The maximum atomic E-state index is 11.4. The molecular formula is C13H17N3O3. The van der Waals surface area contributed by atoms with Gasteiger partial charge in [0.15, 0.2) is 0 Å². The number of carbonyl (C=O) groups is 2. The number of rotatable bonds is 5. The number of hydrogen-bond donors (Lipinski definition) is 2. The first-order valence-corrected chi connectivity index (χ1v) is 6.33. The highest BCUT2D eigenvalue weighted by Crippen LogP contribution is 2.28. The fourth-order valence-corrected chi connectivity index (χ4v) is 2.56. The first-order chi connectivity index (χ1) is 9.09. The molecule has 1 fully saturated rings. The molecule has 1 heterocycles. The van der Waals surface area contributed by atoms with Crippen LogP contribution in [-0.4, -0.2) is 34.6 Å². The van der Waals surface area contributed by atoms with E-state index >= 15 is 0 Å². The van der Waals surface area contributed by atoms with Crippen LogP contribution in [0.25, 0.3) is 0 Å². The molecule has 6 nitrogen and oxygen atoms in total. The molecule has 1 amide bonds. The quantitative estimate of drug-likeness (QED) is 0.826. The van der Waals surface area contributed by atoms with Gasteiger partial charge in [-0.25, -0.2) is 4.98 Å². The van der Waals surface area contributed by atoms with Crippen molar-refractivity contribution in [3.8, 4) is 0 Å². The van der Waals surface area contributed by atoms with E-state index in [4.69, 9.17) is 10.8 Å². The molecule has 1 aromatic rings. The second-order valence-corrected chi connectivity index (χ2v) is 4.70. The topological polar surface area (TPSA) is 96.5 Å². The highest BCUT2D eigenvalue weighted by atomic mass is 16.4. The molecule has 3 N–H and O–H groups in total. The molecule has 102 valence electrons. The zero-order chi connectivity index (χ0) is 13.8. The normalized spacial score (nSPS) is 15.4. The van der Waals surface area contributed by atoms with Crippen molar-refractivity contribution < 1.29 is 14.7 Å². The van der Waals surface area contributed by atoms with Crippen molar-refractivity contribution in [2.24, 2.45) is 5.73 Å². The molecular weight excluding hydrogens is 246 g/mol. The van der Waals surface area contributed by atoms with Gasteiger partial charge in [0.2, 0.25) is 0 Å². The van der Waals surface area contributed by atoms with Crippen LogP contribution in [0.3, 0.4) is 0 Å². The van der Waals surface area contributed by atoms with Gasteiger partial charge in [-0.1, -0.05) is 12.8 Å². The summed E-state index contributed by atoms with van der Waals surface area (Å²) >= 11 is 0. The predicted molar refractivity (Wildman–Crippen MR) is 70.0 cm³/mol. The molecule has 0 atom stereocenters. The number of hydrogen-bond acceptors (Lipinski definition) is 4. The lowest BCUT2D eigenvalue weighted by molar-refractivity contribution is -0.135. The number of carbonyl (C=O) groups excluding carboxylic acids is 1. The average molecular weight is 263 g/mol. The molecule has 0 aromatic carbocycles. The molecule has 0 saturated heterocycles. The number of nitrogens with zero attached hydrogens (tertiary/aromatic N) is 2. The molecule has 1 saturated carbocycles. The third kappa shape index (κ3) is 3.01. The minimum atomic E-state index is -0.937. The summed E-state index contributed by atoms with van der Waals surface area (Å²) in [5, 5.41) is 9.05. The zero-order valence-corrected chi connectivity index (χ0v) is 10.6. The summed E-state index contributed by atoms with van der Waals surface area (Å²) in [5.74, 6) is -1.14. The third-order valence-corrected chi connectivity index (χ3v) is 3.40.